The molecule has 0 radical (unpaired) electrons. The molecule has 1 aromatic heterocycles. The van der Waals surface area contributed by atoms with E-state index in [-0.39, 0.29) is 11.9 Å². The molecule has 0 bridgehead atoms. The largest absolute Gasteiger partial charge is 0.469 e. The van der Waals surface area contributed by atoms with Gasteiger partial charge < -0.3 is 9.64 Å². The van der Waals surface area contributed by atoms with Crippen LogP contribution in [0.1, 0.15) is 12.8 Å². The van der Waals surface area contributed by atoms with Crippen LogP contribution in [-0.2, 0) is 9.53 Å². The molecule has 5 nitrogen and oxygen atoms in total. The van der Waals surface area contributed by atoms with Gasteiger partial charge in [-0.25, -0.2) is 0 Å². The molecule has 0 saturated carbocycles. The van der Waals surface area contributed by atoms with Crippen LogP contribution in [0.25, 0.3) is 10.8 Å². The Morgan fingerprint density at radius 3 is 3.10 bits per heavy atom. The van der Waals surface area contributed by atoms with Gasteiger partial charge in [-0.05, 0) is 12.8 Å². The van der Waals surface area contributed by atoms with Gasteiger partial charge >= 0.3 is 5.97 Å². The molecule has 0 N–H and O–H groups in total. The fourth-order valence-corrected chi connectivity index (χ4v) is 2.78. The van der Waals surface area contributed by atoms with E-state index in [4.69, 9.17) is 4.74 Å². The Morgan fingerprint density at radius 2 is 2.25 bits per heavy atom. The minimum absolute atomic E-state index is 0.0745. The first-order chi connectivity index (χ1) is 9.79. The lowest BCUT2D eigenvalue weighted by atomic mass is 9.98. The highest BCUT2D eigenvalue weighted by Gasteiger charge is 2.28. The normalized spacial score (nSPS) is 19.1. The Balaban J connectivity index is 1.92. The molecular formula is C15H17N3O2. The van der Waals surface area contributed by atoms with E-state index in [1.807, 2.05) is 24.3 Å². The third kappa shape index (κ3) is 2.31. The Hall–Kier alpha value is -2.17. The van der Waals surface area contributed by atoms with Crippen molar-refractivity contribution in [3.8, 4) is 0 Å². The zero-order valence-electron chi connectivity index (χ0n) is 11.5. The van der Waals surface area contributed by atoms with Gasteiger partial charge in [0.1, 0.15) is 0 Å². The van der Waals surface area contributed by atoms with Crippen molar-refractivity contribution in [3.05, 3.63) is 30.5 Å². The number of rotatable bonds is 2. The summed E-state index contributed by atoms with van der Waals surface area (Å²) in [5, 5.41) is 10.5. The molecule has 3 rings (SSSR count). The Kier molecular flexibility index (Phi) is 3.50. The third-order valence-electron chi connectivity index (χ3n) is 3.81. The molecule has 20 heavy (non-hydrogen) atoms. The van der Waals surface area contributed by atoms with E-state index >= 15 is 0 Å². The number of aromatic nitrogens is 2. The number of benzene rings is 1. The molecule has 2 heterocycles. The van der Waals surface area contributed by atoms with Crippen LogP contribution >= 0.6 is 0 Å². The summed E-state index contributed by atoms with van der Waals surface area (Å²) in [7, 11) is 1.44. The summed E-state index contributed by atoms with van der Waals surface area (Å²) in [5.41, 5.74) is 0. The quantitative estimate of drug-likeness (QED) is 0.782. The van der Waals surface area contributed by atoms with Crippen LogP contribution in [-0.4, -0.2) is 36.4 Å². The molecule has 1 aromatic carbocycles. The second-order valence-electron chi connectivity index (χ2n) is 5.06. The van der Waals surface area contributed by atoms with E-state index in [1.54, 1.807) is 6.20 Å². The number of esters is 1. The third-order valence-corrected chi connectivity index (χ3v) is 3.81. The maximum absolute atomic E-state index is 11.7. The lowest BCUT2D eigenvalue weighted by Crippen LogP contribution is -2.39. The lowest BCUT2D eigenvalue weighted by Gasteiger charge is -2.32. The molecule has 5 heteroatoms. The van der Waals surface area contributed by atoms with Crippen LogP contribution < -0.4 is 4.90 Å². The second kappa shape index (κ2) is 5.45. The molecule has 2 aromatic rings. The number of carbonyl (C=O) groups is 1. The molecule has 1 aliphatic heterocycles. The molecule has 1 saturated heterocycles. The number of hydrogen-bond acceptors (Lipinski definition) is 5. The first kappa shape index (κ1) is 12.8. The smallest absolute Gasteiger partial charge is 0.310 e. The van der Waals surface area contributed by atoms with Gasteiger partial charge in [0.05, 0.1) is 19.2 Å². The van der Waals surface area contributed by atoms with Crippen molar-refractivity contribution in [1.29, 1.82) is 0 Å². The Labute approximate surface area is 117 Å². The monoisotopic (exact) mass is 271 g/mol. The molecule has 0 aliphatic carbocycles. The van der Waals surface area contributed by atoms with Gasteiger partial charge in [0.25, 0.3) is 0 Å². The Morgan fingerprint density at radius 1 is 1.40 bits per heavy atom. The van der Waals surface area contributed by atoms with Crippen LogP contribution in [0.15, 0.2) is 30.5 Å². The van der Waals surface area contributed by atoms with E-state index in [0.717, 1.165) is 36.0 Å². The number of carbonyl (C=O) groups excluding carboxylic acids is 1. The summed E-state index contributed by atoms with van der Waals surface area (Å²) in [4.78, 5) is 13.9. The van der Waals surface area contributed by atoms with Crippen molar-refractivity contribution in [2.75, 3.05) is 25.1 Å². The second-order valence-corrected chi connectivity index (χ2v) is 5.06. The number of anilines is 1. The summed E-state index contributed by atoms with van der Waals surface area (Å²) < 4.78 is 4.86. The lowest BCUT2D eigenvalue weighted by molar-refractivity contribution is -0.145. The van der Waals surface area contributed by atoms with Crippen LogP contribution in [0.5, 0.6) is 0 Å². The number of hydrogen-bond donors (Lipinski definition) is 0. The molecule has 0 amide bonds. The first-order valence-corrected chi connectivity index (χ1v) is 6.83. The van der Waals surface area contributed by atoms with Crippen molar-refractivity contribution < 1.29 is 9.53 Å². The van der Waals surface area contributed by atoms with Crippen molar-refractivity contribution in [3.63, 3.8) is 0 Å². The number of piperidine rings is 1. The maximum Gasteiger partial charge on any atom is 0.310 e. The highest BCUT2D eigenvalue weighted by Crippen LogP contribution is 2.27. The topological polar surface area (TPSA) is 55.3 Å². The summed E-state index contributed by atoms with van der Waals surface area (Å²) >= 11 is 0. The van der Waals surface area contributed by atoms with Crippen LogP contribution in [0.3, 0.4) is 0 Å². The van der Waals surface area contributed by atoms with E-state index < -0.39 is 0 Å². The van der Waals surface area contributed by atoms with Crippen LogP contribution in [0, 0.1) is 5.92 Å². The van der Waals surface area contributed by atoms with Crippen LogP contribution in [0.4, 0.5) is 5.82 Å². The first-order valence-electron chi connectivity index (χ1n) is 6.83. The van der Waals surface area contributed by atoms with Gasteiger partial charge in [0.15, 0.2) is 5.82 Å². The van der Waals surface area contributed by atoms with Gasteiger partial charge in [0, 0.05) is 23.9 Å². The highest BCUT2D eigenvalue weighted by atomic mass is 16.5. The summed E-state index contributed by atoms with van der Waals surface area (Å²) in [5.74, 6) is 0.647. The number of methoxy groups -OCH3 is 1. The SMILES string of the molecule is COC(=O)C1CCCN(c2nncc3ccccc23)C1. The van der Waals surface area contributed by atoms with Gasteiger partial charge in [-0.15, -0.1) is 5.10 Å². The molecule has 0 spiro atoms. The van der Waals surface area contributed by atoms with Gasteiger partial charge in [-0.3, -0.25) is 4.79 Å². The van der Waals surface area contributed by atoms with Crippen molar-refractivity contribution in [2.45, 2.75) is 12.8 Å². The molecule has 1 fully saturated rings. The van der Waals surface area contributed by atoms with Crippen molar-refractivity contribution >= 4 is 22.6 Å². The fraction of sp³-hybridized carbons (Fsp3) is 0.400. The average molecular weight is 271 g/mol. The summed E-state index contributed by atoms with van der Waals surface area (Å²) in [6, 6.07) is 8.05. The van der Waals surface area contributed by atoms with Gasteiger partial charge in [-0.1, -0.05) is 24.3 Å². The van der Waals surface area contributed by atoms with Crippen molar-refractivity contribution in [1.82, 2.24) is 10.2 Å². The fourth-order valence-electron chi connectivity index (χ4n) is 2.78. The number of ether oxygens (including phenoxy) is 1. The predicted octanol–water partition coefficient (Wildman–Crippen LogP) is 2.02. The van der Waals surface area contributed by atoms with Crippen LogP contribution in [0.2, 0.25) is 0 Å². The van der Waals surface area contributed by atoms with E-state index in [0.29, 0.717) is 6.54 Å². The zero-order chi connectivity index (χ0) is 13.9. The molecule has 1 aliphatic rings. The van der Waals surface area contributed by atoms with E-state index in [9.17, 15) is 4.79 Å². The summed E-state index contributed by atoms with van der Waals surface area (Å²) in [6.07, 6.45) is 3.60. The molecule has 104 valence electrons. The van der Waals surface area contributed by atoms with E-state index in [2.05, 4.69) is 15.1 Å². The number of fused-ring (bicyclic) bond motifs is 1. The standard InChI is InChI=1S/C15H17N3O2/c1-20-15(19)12-6-4-8-18(10-12)14-13-7-3-2-5-11(13)9-16-17-14/h2-3,5,7,9,12H,4,6,8,10H2,1H3. The average Bonchev–Trinajstić information content (AvgIpc) is 2.53. The minimum atomic E-state index is -0.136. The Bertz CT molecular complexity index is 624. The molecule has 1 unspecified atom stereocenters. The minimum Gasteiger partial charge on any atom is -0.469 e. The van der Waals surface area contributed by atoms with Gasteiger partial charge in [0.2, 0.25) is 0 Å². The van der Waals surface area contributed by atoms with Crippen molar-refractivity contribution in [2.24, 2.45) is 5.92 Å². The highest BCUT2D eigenvalue weighted by molar-refractivity contribution is 5.91. The molecular weight excluding hydrogens is 254 g/mol. The van der Waals surface area contributed by atoms with Gasteiger partial charge in [-0.2, -0.15) is 5.10 Å². The molecule has 1 atom stereocenters. The maximum atomic E-state index is 11.7. The predicted molar refractivity (Wildman–Crippen MR) is 76.5 cm³/mol. The van der Waals surface area contributed by atoms with E-state index in [1.165, 1.54) is 7.11 Å². The zero-order valence-corrected chi connectivity index (χ0v) is 11.5. The summed E-state index contributed by atoms with van der Waals surface area (Å²) in [6.45, 7) is 1.55. The number of nitrogens with zero attached hydrogens (tertiary/aromatic N) is 3.